The summed E-state index contributed by atoms with van der Waals surface area (Å²) in [4.78, 5) is 18.7. The molecule has 0 spiro atoms. The van der Waals surface area contributed by atoms with Gasteiger partial charge in [0.1, 0.15) is 0 Å². The third-order valence-corrected chi connectivity index (χ3v) is 5.04. The molecule has 0 unspecified atom stereocenters. The number of rotatable bonds is 5. The number of carbonyl (C=O) groups is 1. The van der Waals surface area contributed by atoms with Crippen molar-refractivity contribution in [2.45, 2.75) is 12.3 Å². The molecule has 1 fully saturated rings. The van der Waals surface area contributed by atoms with Gasteiger partial charge in [0.05, 0.1) is 25.2 Å². The summed E-state index contributed by atoms with van der Waals surface area (Å²) in [6.45, 7) is 0.443. The predicted molar refractivity (Wildman–Crippen MR) is 104 cm³/mol. The molecule has 0 radical (unpaired) electrons. The molecule has 0 aliphatic carbocycles. The van der Waals surface area contributed by atoms with Gasteiger partial charge in [0.25, 0.3) is 0 Å². The average Bonchev–Trinajstić information content (AvgIpc) is 3.34. The fourth-order valence-corrected chi connectivity index (χ4v) is 3.49. The van der Waals surface area contributed by atoms with Crippen molar-refractivity contribution in [2.24, 2.45) is 0 Å². The Kier molecular flexibility index (Phi) is 4.92. The van der Waals surface area contributed by atoms with Crippen molar-refractivity contribution in [1.82, 2.24) is 10.1 Å². The van der Waals surface area contributed by atoms with Gasteiger partial charge >= 0.3 is 0 Å². The lowest BCUT2D eigenvalue weighted by atomic mass is 10.1. The highest BCUT2D eigenvalue weighted by Gasteiger charge is 2.35. The highest BCUT2D eigenvalue weighted by atomic mass is 35.5. The number of nitrogens with zero attached hydrogens (tertiary/aromatic N) is 3. The van der Waals surface area contributed by atoms with E-state index in [1.807, 2.05) is 24.3 Å². The number of hydrogen-bond acceptors (Lipinski definition) is 6. The first-order valence-corrected chi connectivity index (χ1v) is 9.09. The highest BCUT2D eigenvalue weighted by Crippen LogP contribution is 2.36. The molecule has 1 aromatic heterocycles. The topological polar surface area (TPSA) is 77.7 Å². The number of hydrogen-bond donors (Lipinski definition) is 0. The quantitative estimate of drug-likeness (QED) is 0.647. The molecule has 1 amide bonds. The van der Waals surface area contributed by atoms with Crippen molar-refractivity contribution in [3.8, 4) is 22.9 Å². The van der Waals surface area contributed by atoms with Crippen molar-refractivity contribution in [2.75, 3.05) is 25.7 Å². The number of aromatic nitrogens is 2. The van der Waals surface area contributed by atoms with Crippen LogP contribution in [0.15, 0.2) is 47.0 Å². The Labute approximate surface area is 166 Å². The Balaban J connectivity index is 1.57. The normalized spacial score (nSPS) is 16.5. The monoisotopic (exact) mass is 399 g/mol. The summed E-state index contributed by atoms with van der Waals surface area (Å²) in [6, 6.07) is 12.7. The molecule has 144 valence electrons. The molecule has 0 saturated carbocycles. The van der Waals surface area contributed by atoms with E-state index in [1.54, 1.807) is 37.3 Å². The maximum absolute atomic E-state index is 12.6. The largest absolute Gasteiger partial charge is 0.493 e. The minimum absolute atomic E-state index is 0.0188. The Bertz CT molecular complexity index is 1020. The molecule has 1 atom stereocenters. The zero-order valence-electron chi connectivity index (χ0n) is 15.4. The molecule has 1 saturated heterocycles. The second kappa shape index (κ2) is 7.52. The molecule has 1 aliphatic heterocycles. The Morgan fingerprint density at radius 1 is 1.14 bits per heavy atom. The Hall–Kier alpha value is -3.06. The fraction of sp³-hybridized carbons (Fsp3) is 0.250. The van der Waals surface area contributed by atoms with Crippen LogP contribution < -0.4 is 14.4 Å². The lowest BCUT2D eigenvalue weighted by molar-refractivity contribution is -0.117. The van der Waals surface area contributed by atoms with Crippen molar-refractivity contribution >= 4 is 23.2 Å². The molecule has 3 aromatic rings. The van der Waals surface area contributed by atoms with Crippen LogP contribution in [0.2, 0.25) is 5.02 Å². The predicted octanol–water partition coefficient (Wildman–Crippen LogP) is 3.93. The molecule has 7 nitrogen and oxygen atoms in total. The molecule has 2 heterocycles. The van der Waals surface area contributed by atoms with Crippen LogP contribution in [0.3, 0.4) is 0 Å². The van der Waals surface area contributed by atoms with E-state index >= 15 is 0 Å². The maximum atomic E-state index is 12.6. The SMILES string of the molecule is COc1ccc(N2C[C@H](c3nc(-c4ccccc4Cl)no3)CC2=O)cc1OC. The fourth-order valence-electron chi connectivity index (χ4n) is 3.27. The summed E-state index contributed by atoms with van der Waals surface area (Å²) < 4.78 is 16.0. The number of anilines is 1. The maximum Gasteiger partial charge on any atom is 0.232 e. The van der Waals surface area contributed by atoms with Gasteiger partial charge in [0.2, 0.25) is 17.6 Å². The van der Waals surface area contributed by atoms with Gasteiger partial charge in [-0.1, -0.05) is 28.9 Å². The van der Waals surface area contributed by atoms with E-state index in [0.717, 1.165) is 5.69 Å². The molecule has 28 heavy (non-hydrogen) atoms. The van der Waals surface area contributed by atoms with Crippen LogP contribution in [0.5, 0.6) is 11.5 Å². The van der Waals surface area contributed by atoms with Crippen LogP contribution in [-0.4, -0.2) is 36.8 Å². The number of ether oxygens (including phenoxy) is 2. The van der Waals surface area contributed by atoms with E-state index < -0.39 is 0 Å². The molecule has 8 heteroatoms. The number of benzene rings is 2. The second-order valence-electron chi connectivity index (χ2n) is 6.38. The summed E-state index contributed by atoms with van der Waals surface area (Å²) in [5.74, 6) is 1.80. The summed E-state index contributed by atoms with van der Waals surface area (Å²) in [5, 5.41) is 4.57. The van der Waals surface area contributed by atoms with E-state index in [9.17, 15) is 4.79 Å². The first-order chi connectivity index (χ1) is 13.6. The van der Waals surface area contributed by atoms with Gasteiger partial charge < -0.3 is 18.9 Å². The van der Waals surface area contributed by atoms with E-state index in [0.29, 0.717) is 46.8 Å². The lowest BCUT2D eigenvalue weighted by Crippen LogP contribution is -2.24. The van der Waals surface area contributed by atoms with Gasteiger partial charge in [-0.2, -0.15) is 4.98 Å². The van der Waals surface area contributed by atoms with Crippen LogP contribution in [0, 0.1) is 0 Å². The van der Waals surface area contributed by atoms with Gasteiger partial charge in [-0.15, -0.1) is 0 Å². The number of methoxy groups -OCH3 is 2. The van der Waals surface area contributed by atoms with Crippen LogP contribution >= 0.6 is 11.6 Å². The third-order valence-electron chi connectivity index (χ3n) is 4.71. The highest BCUT2D eigenvalue weighted by molar-refractivity contribution is 6.33. The van der Waals surface area contributed by atoms with Crippen molar-refractivity contribution in [3.05, 3.63) is 53.4 Å². The molecule has 4 rings (SSSR count). The minimum Gasteiger partial charge on any atom is -0.493 e. The smallest absolute Gasteiger partial charge is 0.232 e. The van der Waals surface area contributed by atoms with Gasteiger partial charge in [-0.3, -0.25) is 4.79 Å². The van der Waals surface area contributed by atoms with Gasteiger partial charge in [-0.05, 0) is 24.3 Å². The number of amides is 1. The van der Waals surface area contributed by atoms with E-state index in [1.165, 1.54) is 0 Å². The minimum atomic E-state index is -0.190. The molecule has 0 N–H and O–H groups in total. The Morgan fingerprint density at radius 2 is 1.93 bits per heavy atom. The van der Waals surface area contributed by atoms with Gasteiger partial charge in [-0.25, -0.2) is 0 Å². The van der Waals surface area contributed by atoms with Crippen molar-refractivity contribution < 1.29 is 18.8 Å². The summed E-state index contributed by atoms with van der Waals surface area (Å²) in [6.07, 6.45) is 0.290. The van der Waals surface area contributed by atoms with Crippen LogP contribution in [-0.2, 0) is 4.79 Å². The number of carbonyl (C=O) groups excluding carboxylic acids is 1. The molecular weight excluding hydrogens is 382 g/mol. The molecule has 2 aromatic carbocycles. The average molecular weight is 400 g/mol. The summed E-state index contributed by atoms with van der Waals surface area (Å²) in [5.41, 5.74) is 1.43. The molecular formula is C20H18ClN3O4. The first kappa shape index (κ1) is 18.3. The summed E-state index contributed by atoms with van der Waals surface area (Å²) in [7, 11) is 3.13. The zero-order chi connectivity index (χ0) is 19.7. The van der Waals surface area contributed by atoms with E-state index in [2.05, 4.69) is 10.1 Å². The zero-order valence-corrected chi connectivity index (χ0v) is 16.1. The Morgan fingerprint density at radius 3 is 2.68 bits per heavy atom. The van der Waals surface area contributed by atoms with Gasteiger partial charge in [0.15, 0.2) is 11.5 Å². The standard InChI is InChI=1S/C20H18ClN3O4/c1-26-16-8-7-13(10-17(16)27-2)24-11-12(9-18(24)25)20-22-19(23-28-20)14-5-3-4-6-15(14)21/h3-8,10,12H,9,11H2,1-2H3/t12-/m1/s1. The number of halogens is 1. The molecule has 0 bridgehead atoms. The van der Waals surface area contributed by atoms with E-state index in [-0.39, 0.29) is 11.8 Å². The van der Waals surface area contributed by atoms with E-state index in [4.69, 9.17) is 25.6 Å². The van der Waals surface area contributed by atoms with Crippen molar-refractivity contribution in [3.63, 3.8) is 0 Å². The van der Waals surface area contributed by atoms with Crippen LogP contribution in [0.1, 0.15) is 18.2 Å². The molecule has 1 aliphatic rings. The third kappa shape index (κ3) is 3.29. The van der Waals surface area contributed by atoms with Crippen molar-refractivity contribution in [1.29, 1.82) is 0 Å². The van der Waals surface area contributed by atoms with Gasteiger partial charge in [0, 0.05) is 30.3 Å². The van der Waals surface area contributed by atoms with Crippen LogP contribution in [0.25, 0.3) is 11.4 Å². The lowest BCUT2D eigenvalue weighted by Gasteiger charge is -2.18. The first-order valence-electron chi connectivity index (χ1n) is 8.71. The second-order valence-corrected chi connectivity index (χ2v) is 6.79. The van der Waals surface area contributed by atoms with Crippen LogP contribution in [0.4, 0.5) is 5.69 Å². The summed E-state index contributed by atoms with van der Waals surface area (Å²) >= 11 is 6.20.